The molecule has 2 atom stereocenters. The maximum absolute atomic E-state index is 10.7. The fourth-order valence-electron chi connectivity index (χ4n) is 7.22. The zero-order chi connectivity index (χ0) is 31.4. The first-order valence-corrected chi connectivity index (χ1v) is 15.7. The third-order valence-electron chi connectivity index (χ3n) is 10.3. The van der Waals surface area contributed by atoms with Crippen LogP contribution in [-0.4, -0.2) is 65.6 Å². The highest BCUT2D eigenvalue weighted by Gasteiger charge is 2.37. The number of nitrogens with zero attached hydrogens (tertiary/aromatic N) is 2. The molecule has 230 valence electrons. The van der Waals surface area contributed by atoms with Gasteiger partial charge in [-0.05, 0) is 89.7 Å². The van der Waals surface area contributed by atoms with Crippen LogP contribution >= 0.6 is 0 Å². The molecule has 44 heavy (non-hydrogen) atoms. The number of likely N-dealkylation sites (N-methyl/N-ethyl adjacent to an activating group) is 2. The van der Waals surface area contributed by atoms with Gasteiger partial charge in [0.05, 0.1) is 41.3 Å². The lowest BCUT2D eigenvalue weighted by molar-refractivity contribution is -0.923. The number of quaternary nitrogens is 2. The van der Waals surface area contributed by atoms with Crippen LogP contribution in [0.15, 0.2) is 66.7 Å². The number of rotatable bonds is 6. The van der Waals surface area contributed by atoms with Crippen molar-refractivity contribution in [3.8, 4) is 28.7 Å². The Labute approximate surface area is 261 Å². The van der Waals surface area contributed by atoms with Gasteiger partial charge in [0.15, 0.2) is 23.0 Å². The molecule has 3 N–H and O–H groups in total. The number of hydrogen-bond donors (Lipinski definition) is 3. The van der Waals surface area contributed by atoms with Gasteiger partial charge in [0.25, 0.3) is 0 Å². The van der Waals surface area contributed by atoms with Gasteiger partial charge in [0.2, 0.25) is 0 Å². The second-order valence-electron chi connectivity index (χ2n) is 14.2. The first-order chi connectivity index (χ1) is 20.8. The molecule has 4 aromatic carbocycles. The fourth-order valence-corrected chi connectivity index (χ4v) is 7.22. The summed E-state index contributed by atoms with van der Waals surface area (Å²) in [6, 6.07) is 22.5. The molecule has 0 radical (unpaired) electrons. The van der Waals surface area contributed by atoms with Gasteiger partial charge in [-0.15, -0.1) is 0 Å². The second-order valence-corrected chi connectivity index (χ2v) is 14.2. The minimum atomic E-state index is -0.0887. The first-order valence-electron chi connectivity index (χ1n) is 15.7. The molecule has 0 fully saturated rings. The number of aromatic hydroxyl groups is 3. The Kier molecular flexibility index (Phi) is 7.63. The third-order valence-corrected chi connectivity index (χ3v) is 10.3. The lowest BCUT2D eigenvalue weighted by Gasteiger charge is -2.43. The van der Waals surface area contributed by atoms with E-state index in [9.17, 15) is 15.3 Å². The molecule has 6 heteroatoms. The zero-order valence-corrected chi connectivity index (χ0v) is 26.9. The van der Waals surface area contributed by atoms with Crippen molar-refractivity contribution in [2.45, 2.75) is 51.6 Å². The van der Waals surface area contributed by atoms with E-state index in [0.717, 1.165) is 58.0 Å². The van der Waals surface area contributed by atoms with E-state index in [-0.39, 0.29) is 23.3 Å². The summed E-state index contributed by atoms with van der Waals surface area (Å²) in [4.78, 5) is 0. The Hall–Kier alpha value is -4.00. The summed E-state index contributed by atoms with van der Waals surface area (Å²) in [6.07, 6.45) is 3.62. The van der Waals surface area contributed by atoms with Crippen molar-refractivity contribution < 1.29 is 29.0 Å². The van der Waals surface area contributed by atoms with Gasteiger partial charge in [-0.25, -0.2) is 0 Å². The molecule has 0 bridgehead atoms. The van der Waals surface area contributed by atoms with Gasteiger partial charge in [0.1, 0.15) is 17.8 Å². The van der Waals surface area contributed by atoms with E-state index in [1.165, 1.54) is 27.8 Å². The highest BCUT2D eigenvalue weighted by Crippen LogP contribution is 2.42. The van der Waals surface area contributed by atoms with E-state index in [2.05, 4.69) is 66.3 Å². The van der Waals surface area contributed by atoms with Crippen molar-refractivity contribution in [1.29, 1.82) is 0 Å². The van der Waals surface area contributed by atoms with E-state index in [0.29, 0.717) is 24.0 Å². The van der Waals surface area contributed by atoms with Crippen molar-refractivity contribution in [3.63, 3.8) is 0 Å². The van der Waals surface area contributed by atoms with Crippen LogP contribution in [0.25, 0.3) is 0 Å². The number of hydrogen-bond acceptors (Lipinski definition) is 4. The summed E-state index contributed by atoms with van der Waals surface area (Å²) in [5, 5.41) is 31.0. The van der Waals surface area contributed by atoms with Gasteiger partial charge in [-0.1, -0.05) is 24.3 Å². The molecule has 6 rings (SSSR count). The standard InChI is InChI=1S/C38H44N2O4/c1-24-17-28-13-15-39(3,4)33(31(28)18-25(24)2)19-26-7-10-30(11-8-26)44-38-21-27(9-12-35(38)41)20-34-32-23-37(43)36(42)22-29(32)14-16-40(34,5)6/h7-12,17-18,21-23,33-34H,13-16,19-20H2,1-6H3,(H-2,41,42,43)/p+2. The molecule has 0 spiro atoms. The number of benzene rings is 4. The molecule has 0 aliphatic carbocycles. The number of phenolic OH excluding ortho intramolecular Hbond substituents is 3. The molecule has 2 aliphatic heterocycles. The van der Waals surface area contributed by atoms with Crippen LogP contribution in [-0.2, 0) is 25.7 Å². The monoisotopic (exact) mass is 594 g/mol. The van der Waals surface area contributed by atoms with Crippen molar-refractivity contribution >= 4 is 0 Å². The molecule has 0 saturated heterocycles. The molecule has 0 saturated carbocycles. The summed E-state index contributed by atoms with van der Waals surface area (Å²) >= 11 is 0. The van der Waals surface area contributed by atoms with Crippen LogP contribution in [0.2, 0.25) is 0 Å². The summed E-state index contributed by atoms with van der Waals surface area (Å²) < 4.78 is 7.96. The molecule has 2 aliphatic rings. The zero-order valence-electron chi connectivity index (χ0n) is 26.9. The maximum atomic E-state index is 10.7. The van der Waals surface area contributed by atoms with E-state index in [4.69, 9.17) is 4.74 Å². The topological polar surface area (TPSA) is 69.9 Å². The minimum absolute atomic E-state index is 0.0717. The molecule has 2 unspecified atom stereocenters. The number of phenols is 3. The van der Waals surface area contributed by atoms with Crippen molar-refractivity contribution in [2.24, 2.45) is 0 Å². The van der Waals surface area contributed by atoms with E-state index < -0.39 is 0 Å². The van der Waals surface area contributed by atoms with Gasteiger partial charge >= 0.3 is 0 Å². The van der Waals surface area contributed by atoms with Crippen LogP contribution in [0.1, 0.15) is 56.6 Å². The molecule has 6 nitrogen and oxygen atoms in total. The van der Waals surface area contributed by atoms with Gasteiger partial charge in [0, 0.05) is 36.8 Å². The smallest absolute Gasteiger partial charge is 0.169 e. The van der Waals surface area contributed by atoms with Gasteiger partial charge in [-0.2, -0.15) is 0 Å². The lowest BCUT2D eigenvalue weighted by Crippen LogP contribution is -2.48. The normalized spacial score (nSPS) is 20.0. The Balaban J connectivity index is 1.21. The molecular weight excluding hydrogens is 548 g/mol. The summed E-state index contributed by atoms with van der Waals surface area (Å²) in [5.74, 6) is 1.05. The van der Waals surface area contributed by atoms with Gasteiger partial charge < -0.3 is 29.0 Å². The van der Waals surface area contributed by atoms with E-state index in [1.54, 1.807) is 18.2 Å². The van der Waals surface area contributed by atoms with Crippen LogP contribution in [0.4, 0.5) is 0 Å². The quantitative estimate of drug-likeness (QED) is 0.165. The molecule has 0 aromatic heterocycles. The molecule has 2 heterocycles. The fraction of sp³-hybridized carbons (Fsp3) is 0.368. The minimum Gasteiger partial charge on any atom is -0.504 e. The predicted molar refractivity (Wildman–Crippen MR) is 175 cm³/mol. The second kappa shape index (κ2) is 11.2. The van der Waals surface area contributed by atoms with Crippen molar-refractivity contribution in [3.05, 3.63) is 111 Å². The van der Waals surface area contributed by atoms with Crippen LogP contribution in [0.3, 0.4) is 0 Å². The van der Waals surface area contributed by atoms with Crippen LogP contribution < -0.4 is 4.74 Å². The van der Waals surface area contributed by atoms with Gasteiger partial charge in [-0.3, -0.25) is 0 Å². The number of fused-ring (bicyclic) bond motifs is 2. The summed E-state index contributed by atoms with van der Waals surface area (Å²) in [6.45, 7) is 6.47. The van der Waals surface area contributed by atoms with E-state index >= 15 is 0 Å². The predicted octanol–water partition coefficient (Wildman–Crippen LogP) is 7.05. The Morgan fingerprint density at radius 3 is 1.80 bits per heavy atom. The lowest BCUT2D eigenvalue weighted by atomic mass is 9.85. The molecule has 0 amide bonds. The van der Waals surface area contributed by atoms with Crippen molar-refractivity contribution in [2.75, 3.05) is 41.3 Å². The Bertz CT molecular complexity index is 1710. The third kappa shape index (κ3) is 5.76. The highest BCUT2D eigenvalue weighted by molar-refractivity contribution is 5.49. The maximum Gasteiger partial charge on any atom is 0.169 e. The number of ether oxygens (including phenoxy) is 1. The average Bonchev–Trinajstić information content (AvgIpc) is 2.97. The van der Waals surface area contributed by atoms with Crippen LogP contribution in [0, 0.1) is 13.8 Å². The Morgan fingerprint density at radius 2 is 1.14 bits per heavy atom. The summed E-state index contributed by atoms with van der Waals surface area (Å²) in [7, 11) is 9.08. The Morgan fingerprint density at radius 1 is 0.614 bits per heavy atom. The van der Waals surface area contributed by atoms with E-state index in [1.807, 2.05) is 24.3 Å². The SMILES string of the molecule is Cc1cc2c(cc1C)C(Cc1ccc(Oc3cc(CC4c5cc(O)c(O)cc5CC[N+]4(C)C)ccc3O)cc1)[N+](C)(C)CC2. The van der Waals surface area contributed by atoms with Crippen LogP contribution in [0.5, 0.6) is 28.7 Å². The first kappa shape index (κ1) is 30.0. The van der Waals surface area contributed by atoms with Crippen molar-refractivity contribution in [1.82, 2.24) is 0 Å². The molecular formula is C38H46N2O4+2. The highest BCUT2D eigenvalue weighted by atomic mass is 16.5. The summed E-state index contributed by atoms with van der Waals surface area (Å²) in [5.41, 5.74) is 10.1. The molecule has 4 aromatic rings. The number of aryl methyl sites for hydroxylation is 2. The largest absolute Gasteiger partial charge is 0.504 e. The average molecular weight is 595 g/mol.